The zero-order chi connectivity index (χ0) is 15.5. The van der Waals surface area contributed by atoms with E-state index in [-0.39, 0.29) is 11.9 Å². The molecule has 1 fully saturated rings. The maximum absolute atomic E-state index is 12.3. The minimum absolute atomic E-state index is 0.125. The Balaban J connectivity index is 1.59. The van der Waals surface area contributed by atoms with Crippen LogP contribution >= 0.6 is 11.3 Å². The Kier molecular flexibility index (Phi) is 4.49. The van der Waals surface area contributed by atoms with Crippen molar-refractivity contribution in [1.82, 2.24) is 30.4 Å². The molecule has 7 nitrogen and oxygen atoms in total. The molecule has 0 aliphatic carbocycles. The number of aromatic nitrogens is 4. The summed E-state index contributed by atoms with van der Waals surface area (Å²) in [5.41, 5.74) is 0. The van der Waals surface area contributed by atoms with Crippen LogP contribution in [0.2, 0.25) is 0 Å². The Morgan fingerprint density at radius 2 is 2.27 bits per heavy atom. The van der Waals surface area contributed by atoms with Crippen LogP contribution in [0.25, 0.3) is 0 Å². The van der Waals surface area contributed by atoms with E-state index in [0.717, 1.165) is 30.5 Å². The van der Waals surface area contributed by atoms with Gasteiger partial charge in [0.1, 0.15) is 15.7 Å². The van der Waals surface area contributed by atoms with Gasteiger partial charge >= 0.3 is 0 Å². The molecule has 0 bridgehead atoms. The zero-order valence-corrected chi connectivity index (χ0v) is 13.6. The fourth-order valence-electron chi connectivity index (χ4n) is 2.51. The van der Waals surface area contributed by atoms with Crippen LogP contribution in [0.15, 0.2) is 6.20 Å². The summed E-state index contributed by atoms with van der Waals surface area (Å²) in [6.45, 7) is 6.80. The summed E-state index contributed by atoms with van der Waals surface area (Å²) < 4.78 is 0. The monoisotopic (exact) mass is 320 g/mol. The number of amides is 1. The van der Waals surface area contributed by atoms with Gasteiger partial charge in [0.2, 0.25) is 0 Å². The molecular formula is C14H20N6OS. The molecule has 2 aromatic heterocycles. The second-order valence-corrected chi connectivity index (χ2v) is 6.69. The van der Waals surface area contributed by atoms with Crippen molar-refractivity contribution >= 4 is 17.2 Å². The highest BCUT2D eigenvalue weighted by atomic mass is 32.1. The van der Waals surface area contributed by atoms with E-state index in [0.29, 0.717) is 10.7 Å². The molecule has 22 heavy (non-hydrogen) atoms. The summed E-state index contributed by atoms with van der Waals surface area (Å²) in [5.74, 6) is 1.20. The van der Waals surface area contributed by atoms with Crippen molar-refractivity contribution in [2.75, 3.05) is 13.1 Å². The summed E-state index contributed by atoms with van der Waals surface area (Å²) in [6, 6.07) is -0.235. The van der Waals surface area contributed by atoms with Crippen molar-refractivity contribution in [1.29, 1.82) is 0 Å². The number of carbonyl (C=O) groups is 1. The van der Waals surface area contributed by atoms with Crippen molar-refractivity contribution in [2.45, 2.75) is 39.3 Å². The van der Waals surface area contributed by atoms with Gasteiger partial charge in [0.15, 0.2) is 5.82 Å². The average Bonchev–Trinajstić information content (AvgIpc) is 3.20. The lowest BCUT2D eigenvalue weighted by molar-refractivity contribution is 0.0942. The molecule has 1 aliphatic heterocycles. The van der Waals surface area contributed by atoms with E-state index in [1.165, 1.54) is 24.2 Å². The Morgan fingerprint density at radius 1 is 1.50 bits per heavy atom. The smallest absolute Gasteiger partial charge is 0.263 e. The minimum atomic E-state index is -0.235. The van der Waals surface area contributed by atoms with E-state index in [2.05, 4.69) is 30.4 Å². The van der Waals surface area contributed by atoms with Crippen LogP contribution < -0.4 is 5.32 Å². The van der Waals surface area contributed by atoms with Gasteiger partial charge in [-0.3, -0.25) is 14.8 Å². The van der Waals surface area contributed by atoms with Crippen molar-refractivity contribution in [2.24, 2.45) is 0 Å². The highest BCUT2D eigenvalue weighted by Crippen LogP contribution is 2.18. The normalized spacial score (nSPS) is 16.8. The third-order valence-electron chi connectivity index (χ3n) is 3.68. The van der Waals surface area contributed by atoms with Gasteiger partial charge in [-0.05, 0) is 39.8 Å². The predicted octanol–water partition coefficient (Wildman–Crippen LogP) is 1.66. The molecule has 118 valence electrons. The first-order valence-electron chi connectivity index (χ1n) is 7.48. The molecule has 0 radical (unpaired) electrons. The number of rotatable bonds is 5. The Bertz CT molecular complexity index is 645. The fraction of sp³-hybridized carbons (Fsp3) is 0.571. The van der Waals surface area contributed by atoms with Gasteiger partial charge in [0.25, 0.3) is 5.91 Å². The van der Waals surface area contributed by atoms with Gasteiger partial charge in [0.05, 0.1) is 18.8 Å². The van der Waals surface area contributed by atoms with Crippen molar-refractivity contribution in [3.8, 4) is 0 Å². The molecule has 0 aromatic carbocycles. The lowest BCUT2D eigenvalue weighted by atomic mass is 10.3. The molecule has 1 aliphatic rings. The SMILES string of the molecule is Cc1nc([C@H](C)NC(=O)c2cnc(CN3CCCC3)s2)n[nH]1. The van der Waals surface area contributed by atoms with Crippen LogP contribution in [0.4, 0.5) is 0 Å². The molecule has 2 N–H and O–H groups in total. The van der Waals surface area contributed by atoms with Gasteiger partial charge < -0.3 is 5.32 Å². The number of thiazole rings is 1. The first kappa shape index (κ1) is 15.1. The number of carbonyl (C=O) groups excluding carboxylic acids is 1. The van der Waals surface area contributed by atoms with Crippen LogP contribution in [0.5, 0.6) is 0 Å². The number of nitrogens with one attached hydrogen (secondary N) is 2. The van der Waals surface area contributed by atoms with E-state index >= 15 is 0 Å². The van der Waals surface area contributed by atoms with Crippen LogP contribution in [-0.4, -0.2) is 44.1 Å². The van der Waals surface area contributed by atoms with Crippen molar-refractivity contribution in [3.63, 3.8) is 0 Å². The lowest BCUT2D eigenvalue weighted by Crippen LogP contribution is -2.26. The Labute approximate surface area is 133 Å². The zero-order valence-electron chi connectivity index (χ0n) is 12.8. The van der Waals surface area contributed by atoms with E-state index in [1.54, 1.807) is 6.20 Å². The van der Waals surface area contributed by atoms with Crippen molar-refractivity contribution in [3.05, 3.63) is 27.7 Å². The molecule has 0 spiro atoms. The Hall–Kier alpha value is -1.80. The number of hydrogen-bond acceptors (Lipinski definition) is 6. The second-order valence-electron chi connectivity index (χ2n) is 5.58. The summed E-state index contributed by atoms with van der Waals surface area (Å²) >= 11 is 1.46. The molecule has 3 heterocycles. The summed E-state index contributed by atoms with van der Waals surface area (Å²) in [5, 5.41) is 10.7. The number of nitrogens with zero attached hydrogens (tertiary/aromatic N) is 4. The molecule has 1 amide bonds. The quantitative estimate of drug-likeness (QED) is 0.875. The topological polar surface area (TPSA) is 86.8 Å². The minimum Gasteiger partial charge on any atom is -0.341 e. The number of likely N-dealkylation sites (tertiary alicyclic amines) is 1. The molecule has 2 aromatic rings. The average molecular weight is 320 g/mol. The third kappa shape index (κ3) is 3.50. The van der Waals surface area contributed by atoms with Gasteiger partial charge in [0, 0.05) is 0 Å². The maximum atomic E-state index is 12.3. The molecule has 8 heteroatoms. The first-order valence-corrected chi connectivity index (χ1v) is 8.30. The standard InChI is InChI=1S/C14H20N6OS/c1-9(13-17-10(2)18-19-13)16-14(21)11-7-15-12(22-11)8-20-5-3-4-6-20/h7,9H,3-6,8H2,1-2H3,(H,16,21)(H,17,18,19)/t9-/m0/s1. The third-order valence-corrected chi connectivity index (χ3v) is 4.67. The second kappa shape index (κ2) is 6.53. The van der Waals surface area contributed by atoms with Crippen LogP contribution in [0.3, 0.4) is 0 Å². The highest BCUT2D eigenvalue weighted by Gasteiger charge is 2.18. The van der Waals surface area contributed by atoms with Gasteiger partial charge in [-0.25, -0.2) is 9.97 Å². The largest absolute Gasteiger partial charge is 0.341 e. The lowest BCUT2D eigenvalue weighted by Gasteiger charge is -2.11. The van der Waals surface area contributed by atoms with Gasteiger partial charge in [-0.1, -0.05) is 0 Å². The van der Waals surface area contributed by atoms with Crippen LogP contribution in [-0.2, 0) is 6.54 Å². The molecule has 3 rings (SSSR count). The van der Waals surface area contributed by atoms with Gasteiger partial charge in [-0.2, -0.15) is 5.10 Å². The maximum Gasteiger partial charge on any atom is 0.263 e. The molecule has 1 saturated heterocycles. The summed E-state index contributed by atoms with van der Waals surface area (Å²) in [6.07, 6.45) is 4.17. The number of hydrogen-bond donors (Lipinski definition) is 2. The number of H-pyrrole nitrogens is 1. The van der Waals surface area contributed by atoms with Gasteiger partial charge in [-0.15, -0.1) is 11.3 Å². The summed E-state index contributed by atoms with van der Waals surface area (Å²) in [7, 11) is 0. The fourth-order valence-corrected chi connectivity index (χ4v) is 3.37. The first-order chi connectivity index (χ1) is 10.6. The van der Waals surface area contributed by atoms with E-state index in [1.807, 2.05) is 13.8 Å². The van der Waals surface area contributed by atoms with E-state index in [4.69, 9.17) is 0 Å². The van der Waals surface area contributed by atoms with Crippen LogP contribution in [0.1, 0.15) is 52.1 Å². The molecule has 0 saturated carbocycles. The molecular weight excluding hydrogens is 300 g/mol. The van der Waals surface area contributed by atoms with Crippen molar-refractivity contribution < 1.29 is 4.79 Å². The van der Waals surface area contributed by atoms with E-state index < -0.39 is 0 Å². The number of aromatic amines is 1. The highest BCUT2D eigenvalue weighted by molar-refractivity contribution is 7.13. The predicted molar refractivity (Wildman–Crippen MR) is 83.6 cm³/mol. The van der Waals surface area contributed by atoms with E-state index in [9.17, 15) is 4.79 Å². The number of aryl methyl sites for hydroxylation is 1. The van der Waals surface area contributed by atoms with Crippen LogP contribution in [0, 0.1) is 6.92 Å². The summed E-state index contributed by atoms with van der Waals surface area (Å²) in [4.78, 5) is 23.9. The molecule has 0 unspecified atom stereocenters. The Morgan fingerprint density at radius 3 is 2.95 bits per heavy atom. The molecule has 1 atom stereocenters.